The minimum Gasteiger partial charge on any atom is -0.369 e. The van der Waals surface area contributed by atoms with Gasteiger partial charge in [0.25, 0.3) is 5.91 Å². The molecule has 27 heavy (non-hydrogen) atoms. The van der Waals surface area contributed by atoms with E-state index < -0.39 is 5.54 Å². The lowest BCUT2D eigenvalue weighted by atomic mass is 9.90. The van der Waals surface area contributed by atoms with Gasteiger partial charge in [0, 0.05) is 24.5 Å². The average molecular weight is 391 g/mol. The van der Waals surface area contributed by atoms with Gasteiger partial charge < -0.3 is 10.6 Å². The average Bonchev–Trinajstić information content (AvgIpc) is 3.17. The topological polar surface area (TPSA) is 79.0 Å². The van der Waals surface area contributed by atoms with E-state index in [4.69, 9.17) is 5.73 Å². The first-order chi connectivity index (χ1) is 12.8. The van der Waals surface area contributed by atoms with Crippen LogP contribution >= 0.6 is 11.3 Å². The van der Waals surface area contributed by atoms with E-state index in [0.717, 1.165) is 24.3 Å². The van der Waals surface area contributed by atoms with Crippen LogP contribution in [0.5, 0.6) is 0 Å². The van der Waals surface area contributed by atoms with E-state index in [0.29, 0.717) is 37.8 Å². The molecule has 2 amide bonds. The zero-order valence-corrected chi connectivity index (χ0v) is 17.3. The van der Waals surface area contributed by atoms with Crippen LogP contribution in [0.25, 0.3) is 0 Å². The summed E-state index contributed by atoms with van der Waals surface area (Å²) < 4.78 is 0. The van der Waals surface area contributed by atoms with Crippen LogP contribution in [0.15, 0.2) is 22.5 Å². The molecule has 1 aromatic heterocycles. The molecule has 0 aromatic carbocycles. The Balaban J connectivity index is 1.60. The molecular weight excluding hydrogens is 360 g/mol. The molecule has 3 rings (SSSR count). The second-order valence-corrected chi connectivity index (χ2v) is 9.39. The van der Waals surface area contributed by atoms with Crippen molar-refractivity contribution in [1.29, 1.82) is 0 Å². The lowest BCUT2D eigenvalue weighted by Crippen LogP contribution is -2.49. The first-order valence-corrected chi connectivity index (χ1v) is 10.6. The van der Waals surface area contributed by atoms with E-state index in [1.54, 1.807) is 16.2 Å². The zero-order chi connectivity index (χ0) is 19.6. The maximum atomic E-state index is 12.9. The number of amides is 2. The van der Waals surface area contributed by atoms with E-state index in [-0.39, 0.29) is 17.7 Å². The quantitative estimate of drug-likeness (QED) is 0.810. The molecule has 1 saturated heterocycles. The van der Waals surface area contributed by atoms with Gasteiger partial charge >= 0.3 is 0 Å². The van der Waals surface area contributed by atoms with Crippen molar-refractivity contribution >= 4 is 29.1 Å². The summed E-state index contributed by atoms with van der Waals surface area (Å²) in [5, 5.41) is 2.00. The van der Waals surface area contributed by atoms with Crippen molar-refractivity contribution in [3.8, 4) is 0 Å². The normalized spacial score (nSPS) is 26.0. The van der Waals surface area contributed by atoms with Crippen LogP contribution in [0.1, 0.15) is 44.9 Å². The van der Waals surface area contributed by atoms with Crippen LogP contribution in [0, 0.1) is 11.8 Å². The highest BCUT2D eigenvalue weighted by atomic mass is 32.1. The first kappa shape index (κ1) is 19.9. The number of hydrogen-bond donors (Lipinski definition) is 1. The second kappa shape index (κ2) is 8.00. The van der Waals surface area contributed by atoms with Crippen molar-refractivity contribution in [3.63, 3.8) is 0 Å². The minimum absolute atomic E-state index is 0.00395. The lowest BCUT2D eigenvalue weighted by molar-refractivity contribution is -0.133. The molecule has 2 atom stereocenters. The number of carbonyl (C=O) groups is 2. The molecule has 1 aromatic rings. The molecule has 0 bridgehead atoms. The Hall–Kier alpha value is -1.89. The third-order valence-electron chi connectivity index (χ3n) is 5.37. The van der Waals surface area contributed by atoms with Gasteiger partial charge in [0.05, 0.1) is 6.42 Å². The number of nitrogens with two attached hydrogens (primary N) is 1. The monoisotopic (exact) mass is 390 g/mol. The third-order valence-corrected chi connectivity index (χ3v) is 6.24. The van der Waals surface area contributed by atoms with Crippen molar-refractivity contribution in [2.45, 2.75) is 52.0 Å². The van der Waals surface area contributed by atoms with E-state index in [9.17, 15) is 9.59 Å². The maximum absolute atomic E-state index is 12.9. The molecule has 0 aliphatic carbocycles. The molecule has 2 aliphatic heterocycles. The number of carbonyl (C=O) groups excluding carboxylic acids is 2. The Bertz CT molecular complexity index is 716. The summed E-state index contributed by atoms with van der Waals surface area (Å²) in [5.41, 5.74) is 5.35. The largest absolute Gasteiger partial charge is 0.369 e. The van der Waals surface area contributed by atoms with Gasteiger partial charge in [-0.05, 0) is 49.5 Å². The van der Waals surface area contributed by atoms with Crippen LogP contribution in [-0.4, -0.2) is 52.7 Å². The summed E-state index contributed by atoms with van der Waals surface area (Å²) in [6.07, 6.45) is 3.12. The third kappa shape index (κ3) is 4.51. The lowest BCUT2D eigenvalue weighted by Gasteiger charge is -2.35. The molecular formula is C20H30N4O2S. The summed E-state index contributed by atoms with van der Waals surface area (Å²) in [6, 6.07) is 3.97. The standard InChI is InChI=1S/C20H30N4O2S/c1-14(2)11-20(3)18(26)24(19(21)22-20)13-15-6-4-8-23(12-15)17(25)10-16-7-5-9-27-16/h5,7,9,14-15H,4,6,8,10-13H2,1-3H3,(H2,21,22). The van der Waals surface area contributed by atoms with E-state index >= 15 is 0 Å². The van der Waals surface area contributed by atoms with Crippen molar-refractivity contribution in [1.82, 2.24) is 9.80 Å². The fourth-order valence-corrected chi connectivity index (χ4v) is 4.93. The van der Waals surface area contributed by atoms with E-state index in [1.807, 2.05) is 29.3 Å². The fraction of sp³-hybridized carbons (Fsp3) is 0.650. The molecule has 0 saturated carbocycles. The minimum atomic E-state index is -0.748. The molecule has 2 unspecified atom stereocenters. The van der Waals surface area contributed by atoms with Gasteiger partial charge in [0.15, 0.2) is 5.96 Å². The second-order valence-electron chi connectivity index (χ2n) is 8.36. The highest BCUT2D eigenvalue weighted by molar-refractivity contribution is 7.10. The number of thiophene rings is 1. The molecule has 2 aliphatic rings. The molecule has 1 fully saturated rings. The zero-order valence-electron chi connectivity index (χ0n) is 16.5. The Kier molecular flexibility index (Phi) is 5.89. The van der Waals surface area contributed by atoms with Crippen molar-refractivity contribution in [2.75, 3.05) is 19.6 Å². The number of hydrogen-bond acceptors (Lipinski definition) is 5. The molecule has 148 valence electrons. The van der Waals surface area contributed by atoms with Gasteiger partial charge in [-0.25, -0.2) is 4.99 Å². The smallest absolute Gasteiger partial charge is 0.257 e. The van der Waals surface area contributed by atoms with E-state index in [2.05, 4.69) is 18.8 Å². The predicted molar refractivity (Wildman–Crippen MR) is 109 cm³/mol. The van der Waals surface area contributed by atoms with Crippen molar-refractivity contribution in [3.05, 3.63) is 22.4 Å². The Morgan fingerprint density at radius 1 is 1.48 bits per heavy atom. The van der Waals surface area contributed by atoms with Gasteiger partial charge in [-0.15, -0.1) is 11.3 Å². The number of nitrogens with zero attached hydrogens (tertiary/aromatic N) is 3. The maximum Gasteiger partial charge on any atom is 0.257 e. The summed E-state index contributed by atoms with van der Waals surface area (Å²) in [7, 11) is 0. The predicted octanol–water partition coefficient (Wildman–Crippen LogP) is 2.49. The number of likely N-dealkylation sites (tertiary alicyclic amines) is 1. The number of piperidine rings is 1. The van der Waals surface area contributed by atoms with Gasteiger partial charge in [-0.1, -0.05) is 19.9 Å². The number of aliphatic imine (C=N–C) groups is 1. The Labute approximate surface area is 165 Å². The molecule has 6 nitrogen and oxygen atoms in total. The van der Waals surface area contributed by atoms with Gasteiger partial charge in [0.1, 0.15) is 5.54 Å². The first-order valence-electron chi connectivity index (χ1n) is 9.76. The Morgan fingerprint density at radius 2 is 2.26 bits per heavy atom. The molecule has 0 spiro atoms. The number of guanidine groups is 1. The summed E-state index contributed by atoms with van der Waals surface area (Å²) in [6.45, 7) is 8.08. The van der Waals surface area contributed by atoms with Gasteiger partial charge in [-0.2, -0.15) is 0 Å². The molecule has 0 radical (unpaired) electrons. The summed E-state index contributed by atoms with van der Waals surface area (Å²) in [5.74, 6) is 1.10. The summed E-state index contributed by atoms with van der Waals surface area (Å²) >= 11 is 1.61. The van der Waals surface area contributed by atoms with Crippen molar-refractivity contribution in [2.24, 2.45) is 22.6 Å². The van der Waals surface area contributed by atoms with Crippen LogP contribution < -0.4 is 5.73 Å². The van der Waals surface area contributed by atoms with Gasteiger partial charge in [0.2, 0.25) is 5.91 Å². The summed E-state index contributed by atoms with van der Waals surface area (Å²) in [4.78, 5) is 34.7. The fourth-order valence-electron chi connectivity index (χ4n) is 4.23. The van der Waals surface area contributed by atoms with Crippen molar-refractivity contribution < 1.29 is 9.59 Å². The number of rotatable bonds is 6. The molecule has 3 heterocycles. The van der Waals surface area contributed by atoms with Crippen LogP contribution in [0.2, 0.25) is 0 Å². The Morgan fingerprint density at radius 3 is 2.93 bits per heavy atom. The van der Waals surface area contributed by atoms with Crippen LogP contribution in [-0.2, 0) is 16.0 Å². The molecule has 2 N–H and O–H groups in total. The molecule has 7 heteroatoms. The SMILES string of the molecule is CC(C)CC1(C)N=C(N)N(CC2CCCN(C(=O)Cc3cccs3)C2)C1=O. The van der Waals surface area contributed by atoms with Crippen LogP contribution in [0.3, 0.4) is 0 Å². The van der Waals surface area contributed by atoms with Crippen LogP contribution in [0.4, 0.5) is 0 Å². The highest BCUT2D eigenvalue weighted by Gasteiger charge is 2.44. The van der Waals surface area contributed by atoms with Gasteiger partial charge in [-0.3, -0.25) is 14.5 Å². The highest BCUT2D eigenvalue weighted by Crippen LogP contribution is 2.30. The van der Waals surface area contributed by atoms with E-state index in [1.165, 1.54) is 0 Å².